The van der Waals surface area contributed by atoms with Gasteiger partial charge in [0.2, 0.25) is 15.9 Å². The Bertz CT molecular complexity index is 891. The summed E-state index contributed by atoms with van der Waals surface area (Å²) < 4.78 is 27.7. The van der Waals surface area contributed by atoms with Crippen molar-refractivity contribution in [3.63, 3.8) is 0 Å². The Balaban J connectivity index is 0.00000280. The fraction of sp³-hybridized carbons (Fsp3) is 0.350. The van der Waals surface area contributed by atoms with Crippen molar-refractivity contribution in [2.45, 2.75) is 17.7 Å². The average Bonchev–Trinajstić information content (AvgIpc) is 2.73. The highest BCUT2D eigenvalue weighted by Crippen LogP contribution is 2.27. The third-order valence-electron chi connectivity index (χ3n) is 4.78. The number of carbonyl (C=O) groups excluding carboxylic acids is 1. The minimum atomic E-state index is -3.65. The molecule has 0 bridgehead atoms. The largest absolute Gasteiger partial charge is 0.355 e. The van der Waals surface area contributed by atoms with Crippen molar-refractivity contribution in [3.05, 3.63) is 54.6 Å². The molecule has 2 aromatic carbocycles. The van der Waals surface area contributed by atoms with Crippen molar-refractivity contribution in [1.29, 1.82) is 0 Å². The molecule has 1 atom stereocenters. The lowest BCUT2D eigenvalue weighted by atomic mass is 9.99. The number of nitrogens with two attached hydrogens (primary N) is 1. The molecule has 0 aromatic heterocycles. The normalized spacial score (nSPS) is 17.5. The number of nitrogens with zero attached hydrogens (tertiary/aromatic N) is 1. The van der Waals surface area contributed by atoms with E-state index in [1.807, 2.05) is 36.4 Å². The third-order valence-corrected chi connectivity index (χ3v) is 6.64. The van der Waals surface area contributed by atoms with Crippen LogP contribution < -0.4 is 11.1 Å². The van der Waals surface area contributed by atoms with E-state index in [2.05, 4.69) is 5.32 Å². The quantitative estimate of drug-likeness (QED) is 0.745. The first kappa shape index (κ1) is 22.4. The molecule has 1 aliphatic heterocycles. The second-order valence-electron chi connectivity index (χ2n) is 6.68. The Labute approximate surface area is 172 Å². The molecule has 1 unspecified atom stereocenters. The molecule has 3 N–H and O–H groups in total. The lowest BCUT2D eigenvalue weighted by Crippen LogP contribution is -2.46. The van der Waals surface area contributed by atoms with E-state index in [-0.39, 0.29) is 35.7 Å². The van der Waals surface area contributed by atoms with Crippen LogP contribution in [0.15, 0.2) is 59.5 Å². The van der Waals surface area contributed by atoms with Gasteiger partial charge in [-0.05, 0) is 36.1 Å². The molecule has 3 rings (SSSR count). The van der Waals surface area contributed by atoms with Gasteiger partial charge in [0.25, 0.3) is 0 Å². The highest BCUT2D eigenvalue weighted by atomic mass is 35.5. The van der Waals surface area contributed by atoms with Gasteiger partial charge in [0, 0.05) is 26.2 Å². The highest BCUT2D eigenvalue weighted by Gasteiger charge is 2.33. The molecule has 1 amide bonds. The van der Waals surface area contributed by atoms with Crippen molar-refractivity contribution in [2.24, 2.45) is 11.7 Å². The molecule has 28 heavy (non-hydrogen) atoms. The molecule has 6 nitrogen and oxygen atoms in total. The molecule has 1 heterocycles. The van der Waals surface area contributed by atoms with Gasteiger partial charge in [-0.15, -0.1) is 12.4 Å². The Kier molecular flexibility index (Phi) is 8.00. The van der Waals surface area contributed by atoms with Gasteiger partial charge in [0.1, 0.15) is 0 Å². The van der Waals surface area contributed by atoms with Crippen LogP contribution in [0, 0.1) is 5.92 Å². The number of halogens is 1. The number of hydrogen-bond donors (Lipinski definition) is 2. The van der Waals surface area contributed by atoms with Crippen LogP contribution in [0.1, 0.15) is 12.8 Å². The Morgan fingerprint density at radius 3 is 2.54 bits per heavy atom. The van der Waals surface area contributed by atoms with E-state index >= 15 is 0 Å². The number of carbonyl (C=O) groups is 1. The first-order chi connectivity index (χ1) is 13.0. The summed E-state index contributed by atoms with van der Waals surface area (Å²) in [5, 5.41) is 2.76. The molecule has 0 aliphatic carbocycles. The van der Waals surface area contributed by atoms with Crippen molar-refractivity contribution in [3.8, 4) is 11.1 Å². The fourth-order valence-corrected chi connectivity index (χ4v) is 4.90. The van der Waals surface area contributed by atoms with Gasteiger partial charge in [-0.25, -0.2) is 8.42 Å². The maximum Gasteiger partial charge on any atom is 0.243 e. The number of piperidine rings is 1. The highest BCUT2D eigenvalue weighted by molar-refractivity contribution is 7.89. The molecule has 0 saturated carbocycles. The van der Waals surface area contributed by atoms with Crippen LogP contribution in [-0.4, -0.2) is 44.8 Å². The molecule has 0 radical (unpaired) electrons. The van der Waals surface area contributed by atoms with Crippen molar-refractivity contribution in [2.75, 3.05) is 26.2 Å². The predicted octanol–water partition coefficient (Wildman–Crippen LogP) is 2.25. The third kappa shape index (κ3) is 5.11. The summed E-state index contributed by atoms with van der Waals surface area (Å²) in [6, 6.07) is 16.6. The Hall–Kier alpha value is -1.93. The molecule has 1 aliphatic rings. The molecule has 2 aromatic rings. The van der Waals surface area contributed by atoms with Crippen LogP contribution in [0.25, 0.3) is 11.1 Å². The SMILES string of the molecule is Cl.NCCNC(=O)C1CCCN(S(=O)(=O)c2cccc(-c3ccccc3)c2)C1. The van der Waals surface area contributed by atoms with Gasteiger partial charge in [-0.3, -0.25) is 4.79 Å². The first-order valence-corrected chi connectivity index (χ1v) is 10.6. The minimum absolute atomic E-state index is 0. The van der Waals surface area contributed by atoms with E-state index in [4.69, 9.17) is 5.73 Å². The monoisotopic (exact) mass is 423 g/mol. The summed E-state index contributed by atoms with van der Waals surface area (Å²) in [6.07, 6.45) is 1.35. The van der Waals surface area contributed by atoms with E-state index in [0.717, 1.165) is 11.1 Å². The van der Waals surface area contributed by atoms with Crippen LogP contribution in [0.3, 0.4) is 0 Å². The van der Waals surface area contributed by atoms with Gasteiger partial charge in [-0.1, -0.05) is 42.5 Å². The fourth-order valence-electron chi connectivity index (χ4n) is 3.33. The van der Waals surface area contributed by atoms with Crippen LogP contribution in [-0.2, 0) is 14.8 Å². The Morgan fingerprint density at radius 1 is 1.11 bits per heavy atom. The molecule has 0 spiro atoms. The smallest absolute Gasteiger partial charge is 0.243 e. The van der Waals surface area contributed by atoms with Crippen LogP contribution in [0.2, 0.25) is 0 Å². The van der Waals surface area contributed by atoms with E-state index in [9.17, 15) is 13.2 Å². The average molecular weight is 424 g/mol. The maximum absolute atomic E-state index is 13.1. The van der Waals surface area contributed by atoms with E-state index < -0.39 is 10.0 Å². The second-order valence-corrected chi connectivity index (χ2v) is 8.61. The summed E-state index contributed by atoms with van der Waals surface area (Å²) in [7, 11) is -3.65. The predicted molar refractivity (Wildman–Crippen MR) is 113 cm³/mol. The number of sulfonamides is 1. The van der Waals surface area contributed by atoms with Crippen molar-refractivity contribution >= 4 is 28.3 Å². The van der Waals surface area contributed by atoms with Crippen LogP contribution in [0.5, 0.6) is 0 Å². The molecule has 152 valence electrons. The van der Waals surface area contributed by atoms with Gasteiger partial charge in [0.15, 0.2) is 0 Å². The zero-order chi connectivity index (χ0) is 19.3. The van der Waals surface area contributed by atoms with Crippen LogP contribution in [0.4, 0.5) is 0 Å². The Morgan fingerprint density at radius 2 is 1.82 bits per heavy atom. The number of amides is 1. The number of hydrogen-bond acceptors (Lipinski definition) is 4. The molecular formula is C20H26ClN3O3S. The summed E-state index contributed by atoms with van der Waals surface area (Å²) in [6.45, 7) is 1.40. The zero-order valence-corrected chi connectivity index (χ0v) is 17.2. The number of nitrogens with one attached hydrogen (secondary N) is 1. The molecule has 1 fully saturated rings. The van der Waals surface area contributed by atoms with Gasteiger partial charge < -0.3 is 11.1 Å². The summed E-state index contributed by atoms with van der Waals surface area (Å²) in [4.78, 5) is 12.5. The van der Waals surface area contributed by atoms with Gasteiger partial charge in [-0.2, -0.15) is 4.31 Å². The minimum Gasteiger partial charge on any atom is -0.355 e. The zero-order valence-electron chi connectivity index (χ0n) is 15.6. The summed E-state index contributed by atoms with van der Waals surface area (Å²) in [5.74, 6) is -0.462. The number of rotatable bonds is 6. The second kappa shape index (κ2) is 10.0. The summed E-state index contributed by atoms with van der Waals surface area (Å²) >= 11 is 0. The lowest BCUT2D eigenvalue weighted by molar-refractivity contribution is -0.126. The molecule has 8 heteroatoms. The van der Waals surface area contributed by atoms with Gasteiger partial charge in [0.05, 0.1) is 10.8 Å². The molecular weight excluding hydrogens is 398 g/mol. The number of benzene rings is 2. The first-order valence-electron chi connectivity index (χ1n) is 9.16. The van der Waals surface area contributed by atoms with Gasteiger partial charge >= 0.3 is 0 Å². The molecule has 1 saturated heterocycles. The summed E-state index contributed by atoms with van der Waals surface area (Å²) in [5.41, 5.74) is 7.24. The lowest BCUT2D eigenvalue weighted by Gasteiger charge is -2.31. The van der Waals surface area contributed by atoms with Crippen LogP contribution >= 0.6 is 12.4 Å². The maximum atomic E-state index is 13.1. The van der Waals surface area contributed by atoms with Crippen molar-refractivity contribution < 1.29 is 13.2 Å². The van der Waals surface area contributed by atoms with E-state index in [1.54, 1.807) is 18.2 Å². The van der Waals surface area contributed by atoms with E-state index in [1.165, 1.54) is 4.31 Å². The topological polar surface area (TPSA) is 92.5 Å². The van der Waals surface area contributed by atoms with Crippen molar-refractivity contribution in [1.82, 2.24) is 9.62 Å². The van der Waals surface area contributed by atoms with E-state index in [0.29, 0.717) is 32.5 Å². The standard InChI is InChI=1S/C20H25N3O3S.ClH/c21-11-12-22-20(24)18-9-5-13-23(15-18)27(25,26)19-10-4-8-17(14-19)16-6-2-1-3-7-16;/h1-4,6-8,10,14,18H,5,9,11-13,15,21H2,(H,22,24);1H.